The van der Waals surface area contributed by atoms with Crippen LogP contribution in [0.2, 0.25) is 0 Å². The van der Waals surface area contributed by atoms with E-state index in [9.17, 15) is 18.0 Å². The number of fused-ring (bicyclic) bond motifs is 2. The normalized spacial score (nSPS) is 25.6. The molecule has 0 radical (unpaired) electrons. The number of hydrogen-bond acceptors (Lipinski definition) is 4. The van der Waals surface area contributed by atoms with E-state index in [0.717, 1.165) is 25.2 Å². The number of nitrogens with one attached hydrogen (secondary N) is 1. The molecule has 2 saturated carbocycles. The van der Waals surface area contributed by atoms with Gasteiger partial charge in [-0.3, -0.25) is 13.9 Å². The molecule has 1 aromatic heterocycles. The molecule has 0 aliphatic heterocycles. The molecule has 1 amide bonds. The molecule has 4 rings (SSSR count). The van der Waals surface area contributed by atoms with Crippen molar-refractivity contribution in [3.8, 4) is 0 Å². The van der Waals surface area contributed by atoms with Crippen molar-refractivity contribution < 1.29 is 13.2 Å². The maximum atomic E-state index is 12.6. The first kappa shape index (κ1) is 16.4. The highest BCUT2D eigenvalue weighted by molar-refractivity contribution is 7.90. The predicted octanol–water partition coefficient (Wildman–Crippen LogP) is 1.12. The van der Waals surface area contributed by atoms with Crippen LogP contribution in [0.5, 0.6) is 0 Å². The van der Waals surface area contributed by atoms with Crippen molar-refractivity contribution in [1.82, 2.24) is 13.9 Å². The molecule has 3 unspecified atom stereocenters. The topological polar surface area (TPSA) is 90.2 Å². The largest absolute Gasteiger partial charge is 0.328 e. The van der Waals surface area contributed by atoms with Crippen molar-refractivity contribution in [3.63, 3.8) is 0 Å². The van der Waals surface area contributed by atoms with E-state index in [1.54, 1.807) is 20.2 Å². The van der Waals surface area contributed by atoms with Crippen molar-refractivity contribution in [1.29, 1.82) is 0 Å². The van der Waals surface area contributed by atoms with E-state index in [2.05, 4.69) is 4.72 Å². The molecule has 0 saturated heterocycles. The summed E-state index contributed by atoms with van der Waals surface area (Å²) >= 11 is 0. The lowest BCUT2D eigenvalue weighted by Gasteiger charge is -2.20. The number of carbonyl (C=O) groups is 1. The first-order valence-corrected chi connectivity index (χ1v) is 9.98. The molecule has 3 atom stereocenters. The van der Waals surface area contributed by atoms with Gasteiger partial charge in [0.25, 0.3) is 10.0 Å². The van der Waals surface area contributed by atoms with Gasteiger partial charge in [-0.2, -0.15) is 0 Å². The third-order valence-corrected chi connectivity index (χ3v) is 7.05. The van der Waals surface area contributed by atoms with E-state index in [-0.39, 0.29) is 16.5 Å². The van der Waals surface area contributed by atoms with Crippen LogP contribution < -0.4 is 10.4 Å². The molecule has 1 heterocycles. The second-order valence-corrected chi connectivity index (χ2v) is 8.97. The zero-order chi connectivity index (χ0) is 17.9. The number of aromatic nitrogens is 2. The summed E-state index contributed by atoms with van der Waals surface area (Å²) in [7, 11) is -0.724. The van der Waals surface area contributed by atoms with E-state index in [1.165, 1.54) is 27.7 Å². The summed E-state index contributed by atoms with van der Waals surface area (Å²) in [5.74, 6) is 0.723. The van der Waals surface area contributed by atoms with Crippen molar-refractivity contribution in [2.45, 2.75) is 30.6 Å². The van der Waals surface area contributed by atoms with Gasteiger partial charge >= 0.3 is 5.69 Å². The summed E-state index contributed by atoms with van der Waals surface area (Å²) in [5.41, 5.74) is 0.931. The van der Waals surface area contributed by atoms with Crippen molar-refractivity contribution in [2.24, 2.45) is 31.8 Å². The minimum atomic E-state index is -3.95. The fourth-order valence-corrected chi connectivity index (χ4v) is 5.08. The third-order valence-electron chi connectivity index (χ3n) is 5.70. The number of carbonyl (C=O) groups excluding carboxylic acids is 1. The molecule has 8 heteroatoms. The molecule has 2 aromatic rings. The highest BCUT2D eigenvalue weighted by Crippen LogP contribution is 2.51. The van der Waals surface area contributed by atoms with Crippen molar-refractivity contribution in [3.05, 3.63) is 28.7 Å². The maximum Gasteiger partial charge on any atom is 0.328 e. The molecule has 2 aliphatic carbocycles. The smallest absolute Gasteiger partial charge is 0.295 e. The number of sulfonamides is 1. The number of imidazole rings is 1. The van der Waals surface area contributed by atoms with E-state index >= 15 is 0 Å². The fraction of sp³-hybridized carbons (Fsp3) is 0.529. The second-order valence-electron chi connectivity index (χ2n) is 7.29. The lowest BCUT2D eigenvalue weighted by molar-refractivity contribution is -0.124. The Morgan fingerprint density at radius 3 is 2.52 bits per heavy atom. The lowest BCUT2D eigenvalue weighted by Crippen LogP contribution is -2.36. The van der Waals surface area contributed by atoms with Gasteiger partial charge in [0.15, 0.2) is 0 Å². The van der Waals surface area contributed by atoms with Gasteiger partial charge in [0.2, 0.25) is 5.91 Å². The van der Waals surface area contributed by atoms with Gasteiger partial charge in [0, 0.05) is 20.0 Å². The van der Waals surface area contributed by atoms with Crippen LogP contribution >= 0.6 is 0 Å². The summed E-state index contributed by atoms with van der Waals surface area (Å²) < 4.78 is 30.3. The van der Waals surface area contributed by atoms with Crippen LogP contribution in [0.25, 0.3) is 11.0 Å². The van der Waals surface area contributed by atoms with Crippen LogP contribution in [-0.4, -0.2) is 23.5 Å². The number of nitrogens with zero attached hydrogens (tertiary/aromatic N) is 2. The number of amides is 1. The molecule has 1 N–H and O–H groups in total. The van der Waals surface area contributed by atoms with Crippen LogP contribution in [0.4, 0.5) is 0 Å². The average molecular weight is 363 g/mol. The molecule has 0 bridgehead atoms. The zero-order valence-corrected chi connectivity index (χ0v) is 15.0. The lowest BCUT2D eigenvalue weighted by atomic mass is 9.89. The SMILES string of the molecule is Cn1c(=O)n(C)c2cc(S(=O)(=O)NC(=O)C3CCC4CC4C3)ccc21. The van der Waals surface area contributed by atoms with E-state index in [1.807, 2.05) is 0 Å². The Bertz CT molecular complexity index is 1030. The zero-order valence-electron chi connectivity index (χ0n) is 14.2. The summed E-state index contributed by atoms with van der Waals surface area (Å²) in [6, 6.07) is 4.45. The average Bonchev–Trinajstić information content (AvgIpc) is 3.33. The molecule has 2 fully saturated rings. The Balaban J connectivity index is 1.61. The summed E-state index contributed by atoms with van der Waals surface area (Å²) in [5, 5.41) is 0. The Morgan fingerprint density at radius 2 is 1.80 bits per heavy atom. The second kappa shape index (κ2) is 5.45. The summed E-state index contributed by atoms with van der Waals surface area (Å²) in [4.78, 5) is 24.4. The maximum absolute atomic E-state index is 12.6. The predicted molar refractivity (Wildman–Crippen MR) is 92.4 cm³/mol. The quantitative estimate of drug-likeness (QED) is 0.885. The first-order valence-electron chi connectivity index (χ1n) is 8.50. The van der Waals surface area contributed by atoms with Gasteiger partial charge in [0.1, 0.15) is 0 Å². The van der Waals surface area contributed by atoms with Gasteiger partial charge in [-0.25, -0.2) is 17.9 Å². The van der Waals surface area contributed by atoms with E-state index in [0.29, 0.717) is 17.0 Å². The van der Waals surface area contributed by atoms with Crippen LogP contribution in [0.3, 0.4) is 0 Å². The summed E-state index contributed by atoms with van der Waals surface area (Å²) in [6.07, 6.45) is 3.74. The highest BCUT2D eigenvalue weighted by Gasteiger charge is 2.44. The van der Waals surface area contributed by atoms with Crippen LogP contribution in [0, 0.1) is 17.8 Å². The highest BCUT2D eigenvalue weighted by atomic mass is 32.2. The molecule has 25 heavy (non-hydrogen) atoms. The van der Waals surface area contributed by atoms with Crippen molar-refractivity contribution >= 4 is 27.0 Å². The Hall–Kier alpha value is -2.09. The Labute approximate surface area is 145 Å². The van der Waals surface area contributed by atoms with Gasteiger partial charge in [0.05, 0.1) is 15.9 Å². The first-order chi connectivity index (χ1) is 11.8. The number of hydrogen-bond donors (Lipinski definition) is 1. The monoisotopic (exact) mass is 363 g/mol. The van der Waals surface area contributed by atoms with Crippen molar-refractivity contribution in [2.75, 3.05) is 0 Å². The summed E-state index contributed by atoms with van der Waals surface area (Å²) in [6.45, 7) is 0. The number of rotatable bonds is 3. The van der Waals surface area contributed by atoms with Crippen LogP contribution in [0.15, 0.2) is 27.9 Å². The van der Waals surface area contributed by atoms with Gasteiger partial charge in [-0.15, -0.1) is 0 Å². The molecular weight excluding hydrogens is 342 g/mol. The number of benzene rings is 1. The van der Waals surface area contributed by atoms with E-state index < -0.39 is 15.9 Å². The standard InChI is InChI=1S/C17H21N3O4S/c1-19-14-6-5-13(9-15(14)20(2)17(19)22)25(23,24)18-16(21)11-4-3-10-7-12(10)8-11/h5-6,9-12H,3-4,7-8H2,1-2H3,(H,18,21). The third kappa shape index (κ3) is 2.68. The molecule has 134 valence electrons. The Kier molecular flexibility index (Phi) is 3.57. The molecule has 7 nitrogen and oxygen atoms in total. The minimum absolute atomic E-state index is 0.00495. The fourth-order valence-electron chi connectivity index (χ4n) is 4.02. The Morgan fingerprint density at radius 1 is 1.08 bits per heavy atom. The van der Waals surface area contributed by atoms with Gasteiger partial charge < -0.3 is 0 Å². The number of aryl methyl sites for hydroxylation is 2. The molecule has 1 aromatic carbocycles. The molecule has 2 aliphatic rings. The van der Waals surface area contributed by atoms with E-state index in [4.69, 9.17) is 0 Å². The molecular formula is C17H21N3O4S. The molecule has 0 spiro atoms. The van der Waals surface area contributed by atoms with Gasteiger partial charge in [-0.1, -0.05) is 0 Å². The van der Waals surface area contributed by atoms with Crippen LogP contribution in [0.1, 0.15) is 25.7 Å². The van der Waals surface area contributed by atoms with Gasteiger partial charge in [-0.05, 0) is 55.7 Å². The minimum Gasteiger partial charge on any atom is -0.295 e. The van der Waals surface area contributed by atoms with Crippen LogP contribution in [-0.2, 0) is 28.9 Å².